The number of rotatable bonds is 4. The maximum absolute atomic E-state index is 3.59. The Balaban J connectivity index is 1.71. The minimum atomic E-state index is 0.536. The predicted octanol–water partition coefficient (Wildman–Crippen LogP) is 4.75. The van der Waals surface area contributed by atoms with Gasteiger partial charge in [-0.25, -0.2) is 0 Å². The van der Waals surface area contributed by atoms with Crippen molar-refractivity contribution in [3.63, 3.8) is 0 Å². The van der Waals surface area contributed by atoms with Crippen molar-refractivity contribution in [3.05, 3.63) is 35.4 Å². The maximum Gasteiger partial charge on any atom is 0.0441 e. The fourth-order valence-corrected chi connectivity index (χ4v) is 5.75. The molecule has 0 spiro atoms. The highest BCUT2D eigenvalue weighted by atomic mass is 32.2. The molecular weight excluding hydrogens is 262 g/mol. The van der Waals surface area contributed by atoms with E-state index in [0.29, 0.717) is 12.0 Å². The van der Waals surface area contributed by atoms with Gasteiger partial charge in [0.05, 0.1) is 0 Å². The van der Waals surface area contributed by atoms with Crippen molar-refractivity contribution in [1.82, 2.24) is 5.32 Å². The number of thioether (sulfide) groups is 1. The molecule has 1 fully saturated rings. The van der Waals surface area contributed by atoms with Crippen molar-refractivity contribution in [2.75, 3.05) is 12.8 Å². The molecule has 0 bridgehead atoms. The lowest BCUT2D eigenvalue weighted by molar-refractivity contribution is 0.471. The largest absolute Gasteiger partial charge is 0.312 e. The van der Waals surface area contributed by atoms with Crippen LogP contribution in [0.3, 0.4) is 0 Å². The molecule has 2 aliphatic rings. The monoisotopic (exact) mass is 289 g/mol. The van der Waals surface area contributed by atoms with Crippen molar-refractivity contribution in [2.45, 2.75) is 56.2 Å². The van der Waals surface area contributed by atoms with Crippen molar-refractivity contribution < 1.29 is 0 Å². The highest BCUT2D eigenvalue weighted by Crippen LogP contribution is 2.43. The molecular formula is C18H27NS. The summed E-state index contributed by atoms with van der Waals surface area (Å²) in [5.41, 5.74) is 3.10. The highest BCUT2D eigenvalue weighted by molar-refractivity contribution is 7.99. The van der Waals surface area contributed by atoms with Crippen LogP contribution in [0.15, 0.2) is 24.3 Å². The molecule has 1 nitrogen and oxygen atoms in total. The lowest BCUT2D eigenvalue weighted by Gasteiger charge is -2.37. The van der Waals surface area contributed by atoms with Gasteiger partial charge in [0, 0.05) is 11.3 Å². The van der Waals surface area contributed by atoms with E-state index in [2.05, 4.69) is 55.3 Å². The molecule has 0 amide bonds. The molecule has 0 saturated heterocycles. The Kier molecular flexibility index (Phi) is 4.72. The molecule has 1 saturated carbocycles. The summed E-state index contributed by atoms with van der Waals surface area (Å²) < 4.78 is 0. The van der Waals surface area contributed by atoms with Crippen molar-refractivity contribution in [1.29, 1.82) is 0 Å². The van der Waals surface area contributed by atoms with E-state index in [1.54, 1.807) is 5.56 Å². The Morgan fingerprint density at radius 1 is 1.15 bits per heavy atom. The maximum atomic E-state index is 3.59. The highest BCUT2D eigenvalue weighted by Gasteiger charge is 2.32. The quantitative estimate of drug-likeness (QED) is 0.858. The van der Waals surface area contributed by atoms with Crippen LogP contribution in [-0.2, 0) is 0 Å². The third kappa shape index (κ3) is 2.92. The van der Waals surface area contributed by atoms with Gasteiger partial charge in [-0.2, -0.15) is 11.8 Å². The summed E-state index contributed by atoms with van der Waals surface area (Å²) in [6.07, 6.45) is 7.18. The van der Waals surface area contributed by atoms with Crippen LogP contribution in [0.1, 0.15) is 62.1 Å². The average molecular weight is 289 g/mol. The molecule has 0 aromatic heterocycles. The first-order valence-electron chi connectivity index (χ1n) is 8.17. The third-order valence-corrected chi connectivity index (χ3v) is 6.71. The second kappa shape index (κ2) is 6.53. The minimum absolute atomic E-state index is 0.536. The van der Waals surface area contributed by atoms with Crippen LogP contribution in [-0.4, -0.2) is 18.1 Å². The number of benzene rings is 1. The Morgan fingerprint density at radius 2 is 1.85 bits per heavy atom. The molecule has 110 valence electrons. The predicted molar refractivity (Wildman–Crippen MR) is 89.5 cm³/mol. The minimum Gasteiger partial charge on any atom is -0.312 e. The molecule has 0 aliphatic heterocycles. The summed E-state index contributed by atoms with van der Waals surface area (Å²) in [5.74, 6) is 3.07. The van der Waals surface area contributed by atoms with Gasteiger partial charge >= 0.3 is 0 Å². The zero-order valence-corrected chi connectivity index (χ0v) is 13.6. The summed E-state index contributed by atoms with van der Waals surface area (Å²) in [5, 5.41) is 4.33. The lowest BCUT2D eigenvalue weighted by Crippen LogP contribution is -2.33. The summed E-state index contributed by atoms with van der Waals surface area (Å²) in [4.78, 5) is 0. The van der Waals surface area contributed by atoms with E-state index < -0.39 is 0 Å². The van der Waals surface area contributed by atoms with Crippen LogP contribution in [0, 0.1) is 5.92 Å². The second-order valence-electron chi connectivity index (χ2n) is 6.55. The SMILES string of the molecule is CNC1c2ccccc2C(C)CC1SCC1CCCC1. The molecule has 2 heteroatoms. The van der Waals surface area contributed by atoms with Crippen LogP contribution in [0.2, 0.25) is 0 Å². The van der Waals surface area contributed by atoms with Crippen molar-refractivity contribution in [3.8, 4) is 0 Å². The molecule has 0 radical (unpaired) electrons. The van der Waals surface area contributed by atoms with E-state index in [1.807, 2.05) is 0 Å². The Bertz CT molecular complexity index is 439. The molecule has 1 N–H and O–H groups in total. The van der Waals surface area contributed by atoms with Crippen LogP contribution >= 0.6 is 11.8 Å². The van der Waals surface area contributed by atoms with Crippen LogP contribution in [0.5, 0.6) is 0 Å². The van der Waals surface area contributed by atoms with Crippen molar-refractivity contribution >= 4 is 11.8 Å². The zero-order valence-electron chi connectivity index (χ0n) is 12.8. The van der Waals surface area contributed by atoms with Gasteiger partial charge in [0.15, 0.2) is 0 Å². The third-order valence-electron chi connectivity index (χ3n) is 5.15. The van der Waals surface area contributed by atoms with E-state index in [0.717, 1.165) is 11.2 Å². The Labute approximate surface area is 127 Å². The van der Waals surface area contributed by atoms with E-state index in [-0.39, 0.29) is 0 Å². The summed E-state index contributed by atoms with van der Waals surface area (Å²) in [7, 11) is 2.13. The van der Waals surface area contributed by atoms with Gasteiger partial charge in [-0.15, -0.1) is 0 Å². The van der Waals surface area contributed by atoms with E-state index >= 15 is 0 Å². The van der Waals surface area contributed by atoms with Gasteiger partial charge in [0.2, 0.25) is 0 Å². The number of fused-ring (bicyclic) bond motifs is 1. The number of hydrogen-bond acceptors (Lipinski definition) is 2. The topological polar surface area (TPSA) is 12.0 Å². The first-order valence-corrected chi connectivity index (χ1v) is 9.22. The molecule has 2 aliphatic carbocycles. The summed E-state index contributed by atoms with van der Waals surface area (Å²) >= 11 is 2.23. The van der Waals surface area contributed by atoms with Gasteiger partial charge in [-0.3, -0.25) is 0 Å². The molecule has 3 atom stereocenters. The fraction of sp³-hybridized carbons (Fsp3) is 0.667. The molecule has 1 aromatic rings. The van der Waals surface area contributed by atoms with E-state index in [9.17, 15) is 0 Å². The second-order valence-corrected chi connectivity index (χ2v) is 7.83. The average Bonchev–Trinajstić information content (AvgIpc) is 2.99. The molecule has 3 rings (SSSR count). The number of nitrogens with one attached hydrogen (secondary N) is 1. The fourth-order valence-electron chi connectivity index (χ4n) is 4.00. The smallest absolute Gasteiger partial charge is 0.0441 e. The van der Waals surface area contributed by atoms with E-state index in [1.165, 1.54) is 43.4 Å². The standard InChI is InChI=1S/C18H27NS/c1-13-11-17(20-12-14-7-3-4-8-14)18(19-2)16-10-6-5-9-15(13)16/h5-6,9-10,13-14,17-19H,3-4,7-8,11-12H2,1-2H3. The lowest BCUT2D eigenvalue weighted by atomic mass is 9.81. The van der Waals surface area contributed by atoms with Gasteiger partial charge in [-0.05, 0) is 55.0 Å². The van der Waals surface area contributed by atoms with Crippen LogP contribution in [0.25, 0.3) is 0 Å². The van der Waals surface area contributed by atoms with E-state index in [4.69, 9.17) is 0 Å². The summed E-state index contributed by atoms with van der Waals surface area (Å²) in [6.45, 7) is 2.40. The van der Waals surface area contributed by atoms with Crippen molar-refractivity contribution in [2.24, 2.45) is 5.92 Å². The van der Waals surface area contributed by atoms with Crippen LogP contribution < -0.4 is 5.32 Å². The zero-order chi connectivity index (χ0) is 13.9. The summed E-state index contributed by atoms with van der Waals surface area (Å²) in [6, 6.07) is 9.57. The molecule has 3 unspecified atom stereocenters. The Morgan fingerprint density at radius 3 is 2.55 bits per heavy atom. The van der Waals surface area contributed by atoms with Gasteiger partial charge < -0.3 is 5.32 Å². The van der Waals surface area contributed by atoms with Crippen LogP contribution in [0.4, 0.5) is 0 Å². The molecule has 1 aromatic carbocycles. The van der Waals surface area contributed by atoms with Gasteiger partial charge in [0.25, 0.3) is 0 Å². The first-order chi connectivity index (χ1) is 9.79. The van der Waals surface area contributed by atoms with Gasteiger partial charge in [-0.1, -0.05) is 44.0 Å². The Hall–Kier alpha value is -0.470. The van der Waals surface area contributed by atoms with Gasteiger partial charge in [0.1, 0.15) is 0 Å². The first kappa shape index (κ1) is 14.5. The molecule has 0 heterocycles. The molecule has 20 heavy (non-hydrogen) atoms. The number of hydrogen-bond donors (Lipinski definition) is 1. The normalized spacial score (nSPS) is 30.4.